The minimum absolute atomic E-state index is 0.210. The van der Waals surface area contributed by atoms with Gasteiger partial charge in [-0.05, 0) is 18.9 Å². The van der Waals surface area contributed by atoms with Crippen molar-refractivity contribution in [2.45, 2.75) is 25.9 Å². The van der Waals surface area contributed by atoms with Crippen LogP contribution in [-0.2, 0) is 18.3 Å². The minimum Gasteiger partial charge on any atom is -0.481 e. The first-order valence-corrected chi connectivity index (χ1v) is 8.00. The van der Waals surface area contributed by atoms with Crippen LogP contribution >= 0.6 is 0 Å². The van der Waals surface area contributed by atoms with E-state index in [-0.39, 0.29) is 6.54 Å². The molecule has 0 radical (unpaired) electrons. The smallest absolute Gasteiger partial charge is 0.295 e. The average molecular weight is 331 g/mol. The van der Waals surface area contributed by atoms with E-state index in [2.05, 4.69) is 4.98 Å². The van der Waals surface area contributed by atoms with Gasteiger partial charge in [-0.1, -0.05) is 6.92 Å². The Labute approximate surface area is 139 Å². The maximum Gasteiger partial charge on any atom is 0.295 e. The maximum absolute atomic E-state index is 12.7. The van der Waals surface area contributed by atoms with Crippen molar-refractivity contribution in [2.24, 2.45) is 7.05 Å². The Hall–Kier alpha value is -2.41. The molecule has 1 aliphatic heterocycles. The molecule has 2 aromatic heterocycles. The number of Topliss-reactive ketones (excluding diaryl/α,β-unsaturated/α-hetero) is 1. The van der Waals surface area contributed by atoms with Crippen molar-refractivity contribution < 1.29 is 19.4 Å². The second kappa shape index (κ2) is 6.24. The molecule has 7 nitrogen and oxygen atoms in total. The number of amides is 1. The summed E-state index contributed by atoms with van der Waals surface area (Å²) in [6.45, 7) is 2.59. The molecule has 1 amide bonds. The van der Waals surface area contributed by atoms with Crippen LogP contribution in [0.4, 0.5) is 0 Å². The van der Waals surface area contributed by atoms with E-state index in [1.807, 2.05) is 13.0 Å². The number of ether oxygens (including phenoxy) is 1. The Morgan fingerprint density at radius 3 is 2.79 bits per heavy atom. The van der Waals surface area contributed by atoms with Crippen molar-refractivity contribution in [1.29, 1.82) is 0 Å². The monoisotopic (exact) mass is 331 g/mol. The van der Waals surface area contributed by atoms with Gasteiger partial charge in [0, 0.05) is 37.3 Å². The molecule has 0 saturated carbocycles. The molecular formula is C17H21N3O4. The Balaban J connectivity index is 2.03. The molecule has 3 rings (SSSR count). The molecule has 1 unspecified atom stereocenters. The number of aliphatic hydroxyl groups excluding tert-OH is 1. The molecule has 0 spiro atoms. The third kappa shape index (κ3) is 2.65. The SMILES string of the molecule is CCc1cc2c(C(=O)C(=O)N3CCC(O)C3)cn(C)c2nc1OC. The molecule has 128 valence electrons. The van der Waals surface area contributed by atoms with E-state index in [9.17, 15) is 14.7 Å². The molecular weight excluding hydrogens is 310 g/mol. The number of hydrogen-bond acceptors (Lipinski definition) is 5. The fraction of sp³-hybridized carbons (Fsp3) is 0.471. The third-order valence-corrected chi connectivity index (χ3v) is 4.45. The maximum atomic E-state index is 12.7. The van der Waals surface area contributed by atoms with E-state index in [1.165, 1.54) is 4.90 Å². The summed E-state index contributed by atoms with van der Waals surface area (Å²) in [4.78, 5) is 31.0. The van der Waals surface area contributed by atoms with Crippen LogP contribution in [0.15, 0.2) is 12.3 Å². The number of carbonyl (C=O) groups excluding carboxylic acids is 2. The Morgan fingerprint density at radius 1 is 1.46 bits per heavy atom. The summed E-state index contributed by atoms with van der Waals surface area (Å²) < 4.78 is 7.02. The van der Waals surface area contributed by atoms with E-state index in [0.29, 0.717) is 41.9 Å². The fourth-order valence-electron chi connectivity index (χ4n) is 3.12. The number of pyridine rings is 1. The lowest BCUT2D eigenvalue weighted by Crippen LogP contribution is -2.35. The third-order valence-electron chi connectivity index (χ3n) is 4.45. The molecule has 2 aromatic rings. The summed E-state index contributed by atoms with van der Waals surface area (Å²) in [7, 11) is 3.34. The highest BCUT2D eigenvalue weighted by molar-refractivity contribution is 6.44. The number of rotatable bonds is 4. The normalized spacial score (nSPS) is 17.5. The summed E-state index contributed by atoms with van der Waals surface area (Å²) in [6.07, 6.45) is 2.30. The standard InChI is InChI=1S/C17H21N3O4/c1-4-10-7-12-13(9-19(2)15(12)18-16(10)24-3)14(22)17(23)20-6-5-11(21)8-20/h7,9,11,21H,4-6,8H2,1-3H3. The number of hydrogen-bond donors (Lipinski definition) is 1. The molecule has 1 saturated heterocycles. The van der Waals surface area contributed by atoms with Crippen molar-refractivity contribution in [3.8, 4) is 5.88 Å². The Morgan fingerprint density at radius 2 is 2.21 bits per heavy atom. The summed E-state index contributed by atoms with van der Waals surface area (Å²) >= 11 is 0. The van der Waals surface area contributed by atoms with Gasteiger partial charge < -0.3 is 19.3 Å². The van der Waals surface area contributed by atoms with Crippen molar-refractivity contribution in [3.63, 3.8) is 0 Å². The second-order valence-corrected chi connectivity index (χ2v) is 6.06. The lowest BCUT2D eigenvalue weighted by molar-refractivity contribution is -0.125. The van der Waals surface area contributed by atoms with Gasteiger partial charge in [-0.25, -0.2) is 0 Å². The van der Waals surface area contributed by atoms with Crippen LogP contribution in [0.1, 0.15) is 29.3 Å². The molecule has 1 aliphatic rings. The summed E-state index contributed by atoms with van der Waals surface area (Å²) in [6, 6.07) is 1.86. The van der Waals surface area contributed by atoms with Crippen LogP contribution in [0.25, 0.3) is 11.0 Å². The van der Waals surface area contributed by atoms with Crippen molar-refractivity contribution >= 4 is 22.7 Å². The highest BCUT2D eigenvalue weighted by atomic mass is 16.5. The summed E-state index contributed by atoms with van der Waals surface area (Å²) in [5, 5.41) is 10.2. The zero-order valence-corrected chi connectivity index (χ0v) is 14.1. The highest BCUT2D eigenvalue weighted by Gasteiger charge is 2.31. The van der Waals surface area contributed by atoms with E-state index < -0.39 is 17.8 Å². The zero-order valence-electron chi connectivity index (χ0n) is 14.1. The van der Waals surface area contributed by atoms with Crippen molar-refractivity contribution in [1.82, 2.24) is 14.5 Å². The van der Waals surface area contributed by atoms with Crippen LogP contribution in [0.3, 0.4) is 0 Å². The van der Waals surface area contributed by atoms with Crippen molar-refractivity contribution in [2.75, 3.05) is 20.2 Å². The zero-order chi connectivity index (χ0) is 17.4. The number of β-amino-alcohol motifs (C(OH)–C–C–N with tert-alkyl or cyclic N) is 1. The number of ketones is 1. The predicted molar refractivity (Wildman–Crippen MR) is 88.2 cm³/mol. The number of methoxy groups -OCH3 is 1. The molecule has 1 fully saturated rings. The minimum atomic E-state index is -0.576. The lowest BCUT2D eigenvalue weighted by atomic mass is 10.1. The Bertz CT molecular complexity index is 812. The fourth-order valence-corrected chi connectivity index (χ4v) is 3.12. The number of aryl methyl sites for hydroxylation is 2. The quantitative estimate of drug-likeness (QED) is 0.665. The van der Waals surface area contributed by atoms with Gasteiger partial charge in [-0.3, -0.25) is 9.59 Å². The lowest BCUT2D eigenvalue weighted by Gasteiger charge is -2.14. The largest absolute Gasteiger partial charge is 0.481 e. The van der Waals surface area contributed by atoms with Crippen LogP contribution < -0.4 is 4.74 Å². The number of likely N-dealkylation sites (tertiary alicyclic amines) is 1. The first-order chi connectivity index (χ1) is 11.5. The van der Waals surface area contributed by atoms with Crippen LogP contribution in [0, 0.1) is 0 Å². The van der Waals surface area contributed by atoms with Gasteiger partial charge in [0.2, 0.25) is 5.88 Å². The van der Waals surface area contributed by atoms with Crippen LogP contribution in [0.2, 0.25) is 0 Å². The number of aliphatic hydroxyl groups is 1. The summed E-state index contributed by atoms with van der Waals surface area (Å²) in [5.41, 5.74) is 1.82. The molecule has 0 aliphatic carbocycles. The van der Waals surface area contributed by atoms with Gasteiger partial charge in [0.15, 0.2) is 0 Å². The molecule has 7 heteroatoms. The van der Waals surface area contributed by atoms with Crippen molar-refractivity contribution in [3.05, 3.63) is 23.4 Å². The molecule has 1 N–H and O–H groups in total. The Kier molecular flexibility index (Phi) is 4.28. The van der Waals surface area contributed by atoms with E-state index in [1.54, 1.807) is 24.9 Å². The van der Waals surface area contributed by atoms with Gasteiger partial charge in [-0.2, -0.15) is 4.98 Å². The number of nitrogens with zero attached hydrogens (tertiary/aromatic N) is 3. The van der Waals surface area contributed by atoms with Crippen LogP contribution in [0.5, 0.6) is 5.88 Å². The van der Waals surface area contributed by atoms with Gasteiger partial charge in [0.1, 0.15) is 5.65 Å². The molecule has 1 atom stereocenters. The highest BCUT2D eigenvalue weighted by Crippen LogP contribution is 2.27. The molecule has 0 aromatic carbocycles. The predicted octanol–water partition coefficient (Wildman–Crippen LogP) is 0.920. The van der Waals surface area contributed by atoms with Crippen LogP contribution in [-0.4, -0.2) is 57.6 Å². The topological polar surface area (TPSA) is 84.7 Å². The first-order valence-electron chi connectivity index (χ1n) is 8.00. The van der Waals surface area contributed by atoms with E-state index >= 15 is 0 Å². The molecule has 24 heavy (non-hydrogen) atoms. The second-order valence-electron chi connectivity index (χ2n) is 6.06. The first kappa shape index (κ1) is 16.4. The van der Waals surface area contributed by atoms with Gasteiger partial charge >= 0.3 is 0 Å². The van der Waals surface area contributed by atoms with Gasteiger partial charge in [0.25, 0.3) is 11.7 Å². The average Bonchev–Trinajstić information content (AvgIpc) is 3.16. The molecule has 3 heterocycles. The van der Waals surface area contributed by atoms with Gasteiger partial charge in [-0.15, -0.1) is 0 Å². The van der Waals surface area contributed by atoms with E-state index in [0.717, 1.165) is 5.56 Å². The summed E-state index contributed by atoms with van der Waals surface area (Å²) in [5.74, 6) is -0.615. The number of carbonyl (C=O) groups is 2. The number of fused-ring (bicyclic) bond motifs is 1. The molecule has 0 bridgehead atoms. The van der Waals surface area contributed by atoms with Gasteiger partial charge in [0.05, 0.1) is 18.8 Å². The van der Waals surface area contributed by atoms with E-state index in [4.69, 9.17) is 4.74 Å². The number of aromatic nitrogens is 2.